The Morgan fingerprint density at radius 2 is 2.16 bits per heavy atom. The topological polar surface area (TPSA) is 43.8 Å². The van der Waals surface area contributed by atoms with E-state index in [2.05, 4.69) is 58.4 Å². The third kappa shape index (κ3) is 2.60. The van der Waals surface area contributed by atoms with Gasteiger partial charge in [0.1, 0.15) is 0 Å². The highest BCUT2D eigenvalue weighted by Crippen LogP contribution is 2.31. The molecule has 1 aromatic heterocycles. The van der Waals surface area contributed by atoms with E-state index in [1.807, 2.05) is 24.7 Å². The van der Waals surface area contributed by atoms with Crippen molar-refractivity contribution in [1.29, 1.82) is 0 Å². The van der Waals surface area contributed by atoms with E-state index in [0.29, 0.717) is 12.5 Å². The standard InChI is InChI=1S/C15H20BrN3/c1-11(2)15(3,9-17)19-10-18-8-14(19)12-5-4-6-13(16)7-12/h4-8,10-11H,9,17H2,1-3H3. The molecule has 1 heterocycles. The van der Waals surface area contributed by atoms with Crippen LogP contribution in [0.1, 0.15) is 20.8 Å². The zero-order valence-electron chi connectivity index (χ0n) is 11.6. The van der Waals surface area contributed by atoms with E-state index < -0.39 is 0 Å². The molecule has 1 unspecified atom stereocenters. The van der Waals surface area contributed by atoms with Gasteiger partial charge in [-0.3, -0.25) is 0 Å². The molecule has 0 saturated heterocycles. The Labute approximate surface area is 123 Å². The number of aromatic nitrogens is 2. The van der Waals surface area contributed by atoms with Crippen molar-refractivity contribution in [2.45, 2.75) is 26.3 Å². The zero-order chi connectivity index (χ0) is 14.0. The molecule has 4 heteroatoms. The van der Waals surface area contributed by atoms with Crippen molar-refractivity contribution in [2.75, 3.05) is 6.54 Å². The van der Waals surface area contributed by atoms with Crippen LogP contribution in [0, 0.1) is 5.92 Å². The molecule has 3 nitrogen and oxygen atoms in total. The van der Waals surface area contributed by atoms with Crippen LogP contribution in [0.25, 0.3) is 11.3 Å². The van der Waals surface area contributed by atoms with Gasteiger partial charge in [-0.2, -0.15) is 0 Å². The monoisotopic (exact) mass is 321 g/mol. The molecular formula is C15H20BrN3. The lowest BCUT2D eigenvalue weighted by Crippen LogP contribution is -2.42. The summed E-state index contributed by atoms with van der Waals surface area (Å²) >= 11 is 3.51. The first-order valence-corrected chi connectivity index (χ1v) is 7.27. The average molecular weight is 322 g/mol. The van der Waals surface area contributed by atoms with Crippen LogP contribution in [-0.4, -0.2) is 16.1 Å². The molecule has 0 radical (unpaired) electrons. The van der Waals surface area contributed by atoms with Crippen LogP contribution in [0.3, 0.4) is 0 Å². The predicted octanol–water partition coefficient (Wildman–Crippen LogP) is 3.64. The van der Waals surface area contributed by atoms with Crippen LogP contribution in [0.2, 0.25) is 0 Å². The van der Waals surface area contributed by atoms with E-state index in [9.17, 15) is 0 Å². The van der Waals surface area contributed by atoms with Crippen molar-refractivity contribution in [2.24, 2.45) is 11.7 Å². The molecule has 0 aliphatic rings. The number of rotatable bonds is 4. The van der Waals surface area contributed by atoms with Gasteiger partial charge < -0.3 is 10.3 Å². The molecule has 0 aliphatic carbocycles. The molecule has 0 bridgehead atoms. The van der Waals surface area contributed by atoms with E-state index in [4.69, 9.17) is 5.73 Å². The predicted molar refractivity (Wildman–Crippen MR) is 82.9 cm³/mol. The summed E-state index contributed by atoms with van der Waals surface area (Å²) in [6, 6.07) is 8.25. The molecule has 0 aliphatic heterocycles. The minimum atomic E-state index is -0.131. The summed E-state index contributed by atoms with van der Waals surface area (Å²) in [5, 5.41) is 0. The van der Waals surface area contributed by atoms with Crippen LogP contribution in [0.15, 0.2) is 41.3 Å². The second-order valence-corrected chi connectivity index (χ2v) is 6.29. The molecule has 0 fully saturated rings. The molecule has 1 aromatic carbocycles. The first kappa shape index (κ1) is 14.3. The van der Waals surface area contributed by atoms with Gasteiger partial charge in [0.15, 0.2) is 0 Å². The maximum Gasteiger partial charge on any atom is 0.0956 e. The Kier molecular flexibility index (Phi) is 4.11. The Morgan fingerprint density at radius 3 is 2.74 bits per heavy atom. The summed E-state index contributed by atoms with van der Waals surface area (Å²) in [5.74, 6) is 0.428. The SMILES string of the molecule is CC(C)C(C)(CN)n1cncc1-c1cccc(Br)c1. The van der Waals surface area contributed by atoms with E-state index in [-0.39, 0.29) is 5.54 Å². The molecule has 102 valence electrons. The number of nitrogens with two attached hydrogens (primary N) is 1. The highest BCUT2D eigenvalue weighted by molar-refractivity contribution is 9.10. The van der Waals surface area contributed by atoms with Crippen LogP contribution >= 0.6 is 15.9 Å². The summed E-state index contributed by atoms with van der Waals surface area (Å²) in [6.07, 6.45) is 3.78. The fraction of sp³-hybridized carbons (Fsp3) is 0.400. The van der Waals surface area contributed by atoms with Crippen LogP contribution < -0.4 is 5.73 Å². The van der Waals surface area contributed by atoms with Gasteiger partial charge in [0.2, 0.25) is 0 Å². The molecule has 2 N–H and O–H groups in total. The van der Waals surface area contributed by atoms with E-state index in [1.165, 1.54) is 0 Å². The number of hydrogen-bond donors (Lipinski definition) is 1. The fourth-order valence-corrected chi connectivity index (χ4v) is 2.57. The highest BCUT2D eigenvalue weighted by atomic mass is 79.9. The largest absolute Gasteiger partial charge is 0.328 e. The van der Waals surface area contributed by atoms with Gasteiger partial charge in [0.05, 0.1) is 23.8 Å². The number of benzene rings is 1. The number of imidazole rings is 1. The molecule has 0 spiro atoms. The first-order valence-electron chi connectivity index (χ1n) is 6.48. The summed E-state index contributed by atoms with van der Waals surface area (Å²) in [5.41, 5.74) is 8.13. The minimum absolute atomic E-state index is 0.131. The third-order valence-corrected chi connectivity index (χ3v) is 4.46. The van der Waals surface area contributed by atoms with Gasteiger partial charge in [-0.25, -0.2) is 4.98 Å². The Morgan fingerprint density at radius 1 is 1.42 bits per heavy atom. The second kappa shape index (κ2) is 5.47. The van der Waals surface area contributed by atoms with E-state index in [0.717, 1.165) is 15.7 Å². The number of hydrogen-bond acceptors (Lipinski definition) is 2. The van der Waals surface area contributed by atoms with E-state index in [1.54, 1.807) is 0 Å². The second-order valence-electron chi connectivity index (χ2n) is 5.38. The lowest BCUT2D eigenvalue weighted by molar-refractivity contribution is 0.233. The molecule has 2 rings (SSSR count). The Balaban J connectivity index is 2.54. The normalized spacial score (nSPS) is 14.6. The van der Waals surface area contributed by atoms with Crippen LogP contribution in [-0.2, 0) is 5.54 Å². The highest BCUT2D eigenvalue weighted by Gasteiger charge is 2.30. The van der Waals surface area contributed by atoms with Crippen molar-refractivity contribution < 1.29 is 0 Å². The maximum absolute atomic E-state index is 6.02. The summed E-state index contributed by atoms with van der Waals surface area (Å²) in [4.78, 5) is 4.32. The summed E-state index contributed by atoms with van der Waals surface area (Å²) in [7, 11) is 0. The van der Waals surface area contributed by atoms with Gasteiger partial charge in [0, 0.05) is 16.6 Å². The van der Waals surface area contributed by atoms with Gasteiger partial charge in [0.25, 0.3) is 0 Å². The van der Waals surface area contributed by atoms with Crippen molar-refractivity contribution >= 4 is 15.9 Å². The molecule has 0 amide bonds. The van der Waals surface area contributed by atoms with Gasteiger partial charge in [-0.1, -0.05) is 41.9 Å². The van der Waals surface area contributed by atoms with Gasteiger partial charge >= 0.3 is 0 Å². The van der Waals surface area contributed by atoms with Crippen LogP contribution in [0.5, 0.6) is 0 Å². The van der Waals surface area contributed by atoms with Crippen molar-refractivity contribution in [3.63, 3.8) is 0 Å². The molecular weight excluding hydrogens is 302 g/mol. The molecule has 2 aromatic rings. The average Bonchev–Trinajstić information content (AvgIpc) is 2.87. The lowest BCUT2D eigenvalue weighted by atomic mass is 9.87. The van der Waals surface area contributed by atoms with Crippen molar-refractivity contribution in [1.82, 2.24) is 9.55 Å². The van der Waals surface area contributed by atoms with E-state index >= 15 is 0 Å². The molecule has 0 saturated carbocycles. The van der Waals surface area contributed by atoms with Gasteiger partial charge in [-0.15, -0.1) is 0 Å². The van der Waals surface area contributed by atoms with Crippen molar-refractivity contribution in [3.05, 3.63) is 41.3 Å². The minimum Gasteiger partial charge on any atom is -0.328 e. The van der Waals surface area contributed by atoms with Gasteiger partial charge in [-0.05, 0) is 25.0 Å². The first-order chi connectivity index (χ1) is 8.99. The summed E-state index contributed by atoms with van der Waals surface area (Å²) in [6.45, 7) is 7.15. The number of halogens is 1. The fourth-order valence-electron chi connectivity index (χ4n) is 2.18. The maximum atomic E-state index is 6.02. The zero-order valence-corrected chi connectivity index (χ0v) is 13.2. The Bertz CT molecular complexity index is 562. The molecule has 1 atom stereocenters. The van der Waals surface area contributed by atoms with Crippen molar-refractivity contribution in [3.8, 4) is 11.3 Å². The Hall–Kier alpha value is -1.13. The molecule has 19 heavy (non-hydrogen) atoms. The lowest BCUT2D eigenvalue weighted by Gasteiger charge is -2.35. The smallest absolute Gasteiger partial charge is 0.0956 e. The quantitative estimate of drug-likeness (QED) is 0.934. The van der Waals surface area contributed by atoms with Crippen LogP contribution in [0.4, 0.5) is 0 Å². The number of nitrogens with zero attached hydrogens (tertiary/aromatic N) is 2. The third-order valence-electron chi connectivity index (χ3n) is 3.97. The summed E-state index contributed by atoms with van der Waals surface area (Å²) < 4.78 is 3.26.